The molecule has 2 rings (SSSR count). The smallest absolute Gasteiger partial charge is 0.0367 e. The van der Waals surface area contributed by atoms with Gasteiger partial charge in [-0.15, -0.1) is 11.6 Å². The Morgan fingerprint density at radius 3 is 2.29 bits per heavy atom. The number of alkyl halides is 1. The Morgan fingerprint density at radius 1 is 1.12 bits per heavy atom. The Morgan fingerprint density at radius 2 is 1.71 bits per heavy atom. The highest BCUT2D eigenvalue weighted by Crippen LogP contribution is 2.32. The monoisotopic (exact) mass is 250 g/mol. The number of benzene rings is 1. The van der Waals surface area contributed by atoms with Crippen molar-refractivity contribution < 1.29 is 0 Å². The second-order valence-electron chi connectivity index (χ2n) is 5.27. The van der Waals surface area contributed by atoms with E-state index in [0.717, 1.165) is 25.2 Å². The van der Waals surface area contributed by atoms with E-state index >= 15 is 0 Å². The van der Waals surface area contributed by atoms with Crippen molar-refractivity contribution in [2.24, 2.45) is 5.92 Å². The average Bonchev–Trinajstić information content (AvgIpc) is 2.90. The van der Waals surface area contributed by atoms with E-state index in [1.165, 1.54) is 36.8 Å². The molecule has 1 aromatic rings. The predicted octanol–water partition coefficient (Wildman–Crippen LogP) is 4.98. The van der Waals surface area contributed by atoms with Gasteiger partial charge >= 0.3 is 0 Å². The third kappa shape index (κ3) is 3.74. The van der Waals surface area contributed by atoms with Gasteiger partial charge in [0.2, 0.25) is 0 Å². The van der Waals surface area contributed by atoms with Crippen molar-refractivity contribution in [1.29, 1.82) is 0 Å². The summed E-state index contributed by atoms with van der Waals surface area (Å²) < 4.78 is 0. The summed E-state index contributed by atoms with van der Waals surface area (Å²) in [5.74, 6) is 0.784. The second kappa shape index (κ2) is 6.44. The van der Waals surface area contributed by atoms with Crippen LogP contribution in [0.15, 0.2) is 24.3 Å². The van der Waals surface area contributed by atoms with Crippen molar-refractivity contribution in [3.63, 3.8) is 0 Å². The summed E-state index contributed by atoms with van der Waals surface area (Å²) in [5.41, 5.74) is 2.86. The second-order valence-corrected chi connectivity index (χ2v) is 5.83. The highest BCUT2D eigenvalue weighted by molar-refractivity contribution is 6.20. The highest BCUT2D eigenvalue weighted by Gasteiger charge is 2.22. The number of hydrogen-bond donors (Lipinski definition) is 0. The fourth-order valence-electron chi connectivity index (χ4n) is 2.80. The molecule has 0 aromatic heterocycles. The van der Waals surface area contributed by atoms with E-state index in [9.17, 15) is 0 Å². The van der Waals surface area contributed by atoms with Crippen LogP contribution in [0, 0.1) is 5.92 Å². The van der Waals surface area contributed by atoms with E-state index in [1.54, 1.807) is 0 Å². The van der Waals surface area contributed by atoms with E-state index in [-0.39, 0.29) is 0 Å². The molecule has 1 atom stereocenters. The lowest BCUT2D eigenvalue weighted by Gasteiger charge is -2.16. The third-order valence-corrected chi connectivity index (χ3v) is 4.63. The number of rotatable bonds is 5. The quantitative estimate of drug-likeness (QED) is 0.647. The summed E-state index contributed by atoms with van der Waals surface area (Å²) in [6, 6.07) is 9.01. The summed E-state index contributed by atoms with van der Waals surface area (Å²) in [5, 5.41) is 0.392. The van der Waals surface area contributed by atoms with Crippen molar-refractivity contribution >= 4 is 11.6 Å². The molecule has 17 heavy (non-hydrogen) atoms. The van der Waals surface area contributed by atoms with Crippen LogP contribution in [0.5, 0.6) is 0 Å². The molecule has 0 amide bonds. The van der Waals surface area contributed by atoms with Gasteiger partial charge in [-0.1, -0.05) is 44.0 Å². The number of aryl methyl sites for hydroxylation is 2. The minimum atomic E-state index is 0.392. The fourth-order valence-corrected chi connectivity index (χ4v) is 3.16. The lowest BCUT2D eigenvalue weighted by molar-refractivity contribution is 0.492. The lowest BCUT2D eigenvalue weighted by atomic mass is 9.97. The molecule has 1 aromatic carbocycles. The van der Waals surface area contributed by atoms with E-state index in [0.29, 0.717) is 5.38 Å². The summed E-state index contributed by atoms with van der Waals surface area (Å²) in [7, 11) is 0. The van der Waals surface area contributed by atoms with Gasteiger partial charge in [-0.2, -0.15) is 0 Å². The zero-order chi connectivity index (χ0) is 12.1. The zero-order valence-corrected chi connectivity index (χ0v) is 11.5. The van der Waals surface area contributed by atoms with Crippen LogP contribution in [0.3, 0.4) is 0 Å². The van der Waals surface area contributed by atoms with Gasteiger partial charge < -0.3 is 0 Å². The van der Waals surface area contributed by atoms with Gasteiger partial charge in [0, 0.05) is 5.38 Å². The molecular formula is C16H23Cl. The van der Waals surface area contributed by atoms with Crippen LogP contribution in [0.1, 0.15) is 50.2 Å². The Balaban J connectivity index is 1.80. The van der Waals surface area contributed by atoms with Gasteiger partial charge in [0.1, 0.15) is 0 Å². The Bertz CT molecular complexity index is 322. The molecule has 1 aliphatic carbocycles. The molecule has 0 spiro atoms. The summed E-state index contributed by atoms with van der Waals surface area (Å²) in [6.45, 7) is 2.20. The molecule has 0 N–H and O–H groups in total. The number of hydrogen-bond acceptors (Lipinski definition) is 0. The van der Waals surface area contributed by atoms with Crippen molar-refractivity contribution in [2.45, 2.75) is 57.2 Å². The molecule has 0 aliphatic heterocycles. The first-order valence-electron chi connectivity index (χ1n) is 7.01. The summed E-state index contributed by atoms with van der Waals surface area (Å²) in [4.78, 5) is 0. The molecule has 1 heteroatoms. The normalized spacial score (nSPS) is 18.5. The van der Waals surface area contributed by atoms with Crippen LogP contribution in [-0.4, -0.2) is 5.38 Å². The molecule has 1 aliphatic rings. The van der Waals surface area contributed by atoms with Gasteiger partial charge in [-0.05, 0) is 49.1 Å². The van der Waals surface area contributed by atoms with Gasteiger partial charge in [0.05, 0.1) is 0 Å². The molecule has 0 bridgehead atoms. The predicted molar refractivity (Wildman–Crippen MR) is 75.7 cm³/mol. The van der Waals surface area contributed by atoms with Crippen molar-refractivity contribution in [3.05, 3.63) is 35.4 Å². The zero-order valence-electron chi connectivity index (χ0n) is 10.8. The SMILES string of the molecule is CCc1ccc(CCC(Cl)C2CCCC2)cc1. The van der Waals surface area contributed by atoms with Gasteiger partial charge in [-0.25, -0.2) is 0 Å². The van der Waals surface area contributed by atoms with Gasteiger partial charge in [0.15, 0.2) is 0 Å². The van der Waals surface area contributed by atoms with Gasteiger partial charge in [0.25, 0.3) is 0 Å². The first kappa shape index (κ1) is 13.0. The van der Waals surface area contributed by atoms with E-state index in [1.807, 2.05) is 0 Å². The molecule has 0 radical (unpaired) electrons. The minimum Gasteiger partial charge on any atom is -0.123 e. The molecule has 1 saturated carbocycles. The molecule has 1 fully saturated rings. The fraction of sp³-hybridized carbons (Fsp3) is 0.625. The molecular weight excluding hydrogens is 228 g/mol. The van der Waals surface area contributed by atoms with Crippen LogP contribution in [0.25, 0.3) is 0 Å². The van der Waals surface area contributed by atoms with Crippen LogP contribution < -0.4 is 0 Å². The van der Waals surface area contributed by atoms with E-state index in [2.05, 4.69) is 31.2 Å². The van der Waals surface area contributed by atoms with Crippen LogP contribution >= 0.6 is 11.6 Å². The first-order valence-corrected chi connectivity index (χ1v) is 7.45. The largest absolute Gasteiger partial charge is 0.123 e. The summed E-state index contributed by atoms with van der Waals surface area (Å²) >= 11 is 6.50. The van der Waals surface area contributed by atoms with Crippen LogP contribution in [-0.2, 0) is 12.8 Å². The van der Waals surface area contributed by atoms with E-state index < -0.39 is 0 Å². The Hall–Kier alpha value is -0.490. The Labute approximate surface area is 110 Å². The van der Waals surface area contributed by atoms with Crippen molar-refractivity contribution in [3.8, 4) is 0 Å². The lowest BCUT2D eigenvalue weighted by Crippen LogP contribution is -2.12. The maximum Gasteiger partial charge on any atom is 0.0367 e. The molecule has 0 saturated heterocycles. The van der Waals surface area contributed by atoms with Crippen LogP contribution in [0.2, 0.25) is 0 Å². The minimum absolute atomic E-state index is 0.392. The maximum atomic E-state index is 6.50. The van der Waals surface area contributed by atoms with Gasteiger partial charge in [-0.3, -0.25) is 0 Å². The molecule has 0 heterocycles. The molecule has 1 unspecified atom stereocenters. The maximum absolute atomic E-state index is 6.50. The van der Waals surface area contributed by atoms with Crippen molar-refractivity contribution in [1.82, 2.24) is 0 Å². The standard InChI is InChI=1S/C16H23Cl/c1-2-13-7-9-14(10-8-13)11-12-16(17)15-5-3-4-6-15/h7-10,15-16H,2-6,11-12H2,1H3. The number of halogens is 1. The van der Waals surface area contributed by atoms with E-state index in [4.69, 9.17) is 11.6 Å². The van der Waals surface area contributed by atoms with Crippen LogP contribution in [0.4, 0.5) is 0 Å². The topological polar surface area (TPSA) is 0 Å². The molecule has 94 valence electrons. The average molecular weight is 251 g/mol. The summed E-state index contributed by atoms with van der Waals surface area (Å²) in [6.07, 6.45) is 8.87. The van der Waals surface area contributed by atoms with Crippen molar-refractivity contribution in [2.75, 3.05) is 0 Å². The highest BCUT2D eigenvalue weighted by atomic mass is 35.5. The third-order valence-electron chi connectivity index (χ3n) is 4.05. The first-order chi connectivity index (χ1) is 8.29. The Kier molecular flexibility index (Phi) is 4.91. The molecule has 0 nitrogen and oxygen atoms in total.